The number of nitrogens with zero attached hydrogens (tertiary/aromatic N) is 2. The lowest BCUT2D eigenvalue weighted by Crippen LogP contribution is -2.14. The zero-order chi connectivity index (χ0) is 11.7. The van der Waals surface area contributed by atoms with E-state index >= 15 is 0 Å². The highest BCUT2D eigenvalue weighted by Crippen LogP contribution is 2.13. The fourth-order valence-electron chi connectivity index (χ4n) is 1.60. The highest BCUT2D eigenvalue weighted by atomic mass is 16.5. The van der Waals surface area contributed by atoms with Gasteiger partial charge >= 0.3 is 0 Å². The van der Waals surface area contributed by atoms with Gasteiger partial charge in [-0.3, -0.25) is 9.89 Å². The monoisotopic (exact) mass is 221 g/mol. The van der Waals surface area contributed by atoms with Gasteiger partial charge in [0.1, 0.15) is 12.4 Å². The molecule has 0 spiro atoms. The quantitative estimate of drug-likeness (QED) is 0.849. The lowest BCUT2D eigenvalue weighted by molar-refractivity contribution is 0.178. The molecule has 2 aromatic rings. The van der Waals surface area contributed by atoms with Crippen LogP contribution in [0.1, 0.15) is 31.2 Å². The van der Waals surface area contributed by atoms with Gasteiger partial charge in [-0.25, -0.2) is 9.50 Å². The zero-order valence-corrected chi connectivity index (χ0v) is 9.65. The van der Waals surface area contributed by atoms with Gasteiger partial charge in [0.25, 0.3) is 5.56 Å². The maximum Gasteiger partial charge on any atom is 0.271 e. The van der Waals surface area contributed by atoms with E-state index in [0.717, 1.165) is 5.56 Å². The molecular weight excluding hydrogens is 206 g/mol. The molecule has 0 radical (unpaired) electrons. The summed E-state index contributed by atoms with van der Waals surface area (Å²) in [5.74, 6) is 0.973. The van der Waals surface area contributed by atoms with Crippen molar-refractivity contribution < 1.29 is 4.74 Å². The van der Waals surface area contributed by atoms with Crippen molar-refractivity contribution in [1.82, 2.24) is 14.6 Å². The van der Waals surface area contributed by atoms with E-state index in [1.165, 1.54) is 4.52 Å². The van der Waals surface area contributed by atoms with Crippen LogP contribution in [-0.2, 0) is 11.3 Å². The van der Waals surface area contributed by atoms with Crippen LogP contribution < -0.4 is 5.56 Å². The van der Waals surface area contributed by atoms with Crippen molar-refractivity contribution in [3.63, 3.8) is 0 Å². The Balaban J connectivity index is 2.59. The Hall–Kier alpha value is -1.62. The fourth-order valence-corrected chi connectivity index (χ4v) is 1.60. The summed E-state index contributed by atoms with van der Waals surface area (Å²) in [5.41, 5.74) is 1.56. The van der Waals surface area contributed by atoms with Crippen LogP contribution in [0.5, 0.6) is 0 Å². The number of fused-ring (bicyclic) bond motifs is 1. The van der Waals surface area contributed by atoms with Crippen molar-refractivity contribution in [3.8, 4) is 0 Å². The van der Waals surface area contributed by atoms with Crippen LogP contribution in [0, 0.1) is 0 Å². The summed E-state index contributed by atoms with van der Waals surface area (Å²) in [4.78, 5) is 16.1. The number of aromatic nitrogens is 3. The number of rotatable bonds is 3. The molecule has 0 saturated heterocycles. The SMILES string of the molecule is COCc1nc2cc(C(C)C)cc(=O)n2[nH]1. The van der Waals surface area contributed by atoms with Gasteiger partial charge in [-0.1, -0.05) is 13.8 Å². The number of methoxy groups -OCH3 is 1. The van der Waals surface area contributed by atoms with Crippen LogP contribution >= 0.6 is 0 Å². The molecule has 0 bridgehead atoms. The molecule has 0 unspecified atom stereocenters. The van der Waals surface area contributed by atoms with E-state index in [0.29, 0.717) is 24.0 Å². The molecular formula is C11H15N3O2. The Bertz CT molecular complexity index is 554. The van der Waals surface area contributed by atoms with Gasteiger partial charge in [0, 0.05) is 13.2 Å². The summed E-state index contributed by atoms with van der Waals surface area (Å²) in [5, 5.41) is 2.90. The molecule has 16 heavy (non-hydrogen) atoms. The minimum absolute atomic E-state index is 0.0870. The number of H-pyrrole nitrogens is 1. The van der Waals surface area contributed by atoms with Gasteiger partial charge in [0.2, 0.25) is 0 Å². The third-order valence-electron chi connectivity index (χ3n) is 2.47. The molecule has 0 saturated carbocycles. The predicted molar refractivity (Wildman–Crippen MR) is 60.6 cm³/mol. The van der Waals surface area contributed by atoms with Crippen LogP contribution in [0.3, 0.4) is 0 Å². The lowest BCUT2D eigenvalue weighted by atomic mass is 10.1. The van der Waals surface area contributed by atoms with E-state index in [1.807, 2.05) is 19.9 Å². The number of ether oxygens (including phenoxy) is 1. The molecule has 0 aliphatic heterocycles. The highest BCUT2D eigenvalue weighted by Gasteiger charge is 2.07. The largest absolute Gasteiger partial charge is 0.377 e. The molecule has 0 fully saturated rings. The standard InChI is InChI=1S/C11H15N3O2/c1-7(2)8-4-10-12-9(6-16-3)13-14(10)11(15)5-8/h4-5,7H,6H2,1-3H3,(H,12,13). The van der Waals surface area contributed by atoms with Crippen LogP contribution in [0.2, 0.25) is 0 Å². The summed E-state index contributed by atoms with van der Waals surface area (Å²) < 4.78 is 6.40. The first-order valence-electron chi connectivity index (χ1n) is 5.22. The Morgan fingerprint density at radius 1 is 1.50 bits per heavy atom. The average molecular weight is 221 g/mol. The summed E-state index contributed by atoms with van der Waals surface area (Å²) >= 11 is 0. The smallest absolute Gasteiger partial charge is 0.271 e. The van der Waals surface area contributed by atoms with Crippen LogP contribution in [0.25, 0.3) is 5.65 Å². The molecule has 2 rings (SSSR count). The molecule has 5 nitrogen and oxygen atoms in total. The van der Waals surface area contributed by atoms with Crippen molar-refractivity contribution in [2.75, 3.05) is 7.11 Å². The molecule has 0 atom stereocenters. The number of hydrogen-bond donors (Lipinski definition) is 1. The van der Waals surface area contributed by atoms with E-state index < -0.39 is 0 Å². The Kier molecular flexibility index (Phi) is 2.78. The van der Waals surface area contributed by atoms with Gasteiger partial charge in [-0.05, 0) is 17.5 Å². The normalized spacial score (nSPS) is 11.5. The molecule has 0 amide bonds. The summed E-state index contributed by atoms with van der Waals surface area (Å²) in [6.45, 7) is 4.47. The molecule has 0 aliphatic rings. The van der Waals surface area contributed by atoms with Crippen molar-refractivity contribution in [2.45, 2.75) is 26.4 Å². The van der Waals surface area contributed by atoms with E-state index in [1.54, 1.807) is 13.2 Å². The lowest BCUT2D eigenvalue weighted by Gasteiger charge is -2.03. The second-order valence-corrected chi connectivity index (χ2v) is 4.08. The van der Waals surface area contributed by atoms with Crippen LogP contribution in [-0.4, -0.2) is 21.7 Å². The van der Waals surface area contributed by atoms with Crippen molar-refractivity contribution in [2.24, 2.45) is 0 Å². The number of pyridine rings is 1. The maximum atomic E-state index is 11.8. The van der Waals surface area contributed by atoms with Gasteiger partial charge in [0.05, 0.1) is 0 Å². The molecule has 1 N–H and O–H groups in total. The molecule has 86 valence electrons. The first kappa shape index (κ1) is 10.9. The zero-order valence-electron chi connectivity index (χ0n) is 9.65. The first-order chi connectivity index (χ1) is 7.61. The molecule has 0 aliphatic carbocycles. The Morgan fingerprint density at radius 2 is 2.25 bits per heavy atom. The highest BCUT2D eigenvalue weighted by molar-refractivity contribution is 5.41. The predicted octanol–water partition coefficient (Wildman–Crippen LogP) is 1.29. The minimum Gasteiger partial charge on any atom is -0.377 e. The Morgan fingerprint density at radius 3 is 2.88 bits per heavy atom. The van der Waals surface area contributed by atoms with Gasteiger partial charge in [-0.2, -0.15) is 0 Å². The van der Waals surface area contributed by atoms with Crippen molar-refractivity contribution >= 4 is 5.65 Å². The van der Waals surface area contributed by atoms with Crippen LogP contribution in [0.15, 0.2) is 16.9 Å². The topological polar surface area (TPSA) is 59.4 Å². The second kappa shape index (κ2) is 4.09. The molecule has 2 heterocycles. The Labute approximate surface area is 93.1 Å². The third-order valence-corrected chi connectivity index (χ3v) is 2.47. The van der Waals surface area contributed by atoms with Crippen molar-refractivity contribution in [3.05, 3.63) is 33.9 Å². The van der Waals surface area contributed by atoms with Gasteiger partial charge in [0.15, 0.2) is 5.65 Å². The first-order valence-corrected chi connectivity index (χ1v) is 5.22. The maximum absolute atomic E-state index is 11.8. The van der Waals surface area contributed by atoms with E-state index in [-0.39, 0.29) is 5.56 Å². The number of aromatic amines is 1. The van der Waals surface area contributed by atoms with E-state index in [4.69, 9.17) is 4.74 Å². The summed E-state index contributed by atoms with van der Waals surface area (Å²) in [6, 6.07) is 3.55. The minimum atomic E-state index is -0.0870. The number of hydrogen-bond acceptors (Lipinski definition) is 3. The van der Waals surface area contributed by atoms with Crippen LogP contribution in [0.4, 0.5) is 0 Å². The fraction of sp³-hybridized carbons (Fsp3) is 0.455. The molecule has 2 aromatic heterocycles. The van der Waals surface area contributed by atoms with Gasteiger partial charge < -0.3 is 4.74 Å². The second-order valence-electron chi connectivity index (χ2n) is 4.08. The summed E-state index contributed by atoms with van der Waals surface area (Å²) in [7, 11) is 1.59. The number of nitrogens with one attached hydrogen (secondary N) is 1. The molecule has 0 aromatic carbocycles. The van der Waals surface area contributed by atoms with E-state index in [2.05, 4.69) is 10.1 Å². The molecule has 5 heteroatoms. The third kappa shape index (κ3) is 1.86. The van der Waals surface area contributed by atoms with Crippen molar-refractivity contribution in [1.29, 1.82) is 0 Å². The van der Waals surface area contributed by atoms with E-state index in [9.17, 15) is 4.79 Å². The summed E-state index contributed by atoms with van der Waals surface area (Å²) in [6.07, 6.45) is 0. The van der Waals surface area contributed by atoms with Gasteiger partial charge in [-0.15, -0.1) is 0 Å². The average Bonchev–Trinajstić information content (AvgIpc) is 2.61.